The first-order valence-corrected chi connectivity index (χ1v) is 11.4. The quantitative estimate of drug-likeness (QED) is 0.206. The van der Waals surface area contributed by atoms with Crippen molar-refractivity contribution < 1.29 is 9.53 Å². The van der Waals surface area contributed by atoms with Gasteiger partial charge in [0, 0.05) is 21.1 Å². The van der Waals surface area contributed by atoms with Crippen molar-refractivity contribution in [1.29, 1.82) is 0 Å². The topological polar surface area (TPSA) is 64.1 Å². The van der Waals surface area contributed by atoms with Gasteiger partial charge in [-0.2, -0.15) is 0 Å². The van der Waals surface area contributed by atoms with Crippen LogP contribution < -0.4 is 5.32 Å². The van der Waals surface area contributed by atoms with Crippen molar-refractivity contribution in [2.75, 3.05) is 11.9 Å². The highest BCUT2D eigenvalue weighted by atomic mass is 79.9. The normalized spacial score (nSPS) is 10.5. The molecule has 5 nitrogen and oxygen atoms in total. The van der Waals surface area contributed by atoms with Crippen LogP contribution in [0, 0.1) is 0 Å². The third-order valence-corrected chi connectivity index (χ3v) is 6.05. The molecule has 4 aromatic rings. The van der Waals surface area contributed by atoms with Crippen LogP contribution in [0.1, 0.15) is 30.1 Å². The summed E-state index contributed by atoms with van der Waals surface area (Å²) in [7, 11) is 0. The number of hydrogen-bond acceptors (Lipinski definition) is 6. The lowest BCUT2D eigenvalue weighted by Gasteiger charge is -2.09. The van der Waals surface area contributed by atoms with Crippen LogP contribution in [-0.4, -0.2) is 22.5 Å². The van der Waals surface area contributed by atoms with Crippen LogP contribution in [0.25, 0.3) is 21.3 Å². The summed E-state index contributed by atoms with van der Waals surface area (Å²) in [5, 5.41) is 6.45. The van der Waals surface area contributed by atoms with Gasteiger partial charge >= 0.3 is 5.97 Å². The van der Waals surface area contributed by atoms with Crippen LogP contribution in [-0.2, 0) is 4.74 Å². The number of unbranched alkanes of at least 4 members (excludes halogenated alkanes) is 1. The molecular weight excluding hydrogens is 498 g/mol. The number of hydrogen-bond donors (Lipinski definition) is 1. The van der Waals surface area contributed by atoms with E-state index in [1.54, 1.807) is 29.8 Å². The summed E-state index contributed by atoms with van der Waals surface area (Å²) in [6, 6.07) is 15.4. The molecule has 2 aromatic heterocycles. The van der Waals surface area contributed by atoms with Gasteiger partial charge in [0.2, 0.25) is 0 Å². The zero-order valence-electron chi connectivity index (χ0n) is 16.8. The van der Waals surface area contributed by atoms with E-state index in [1.165, 1.54) is 0 Å². The molecule has 0 unspecified atom stereocenters. The summed E-state index contributed by atoms with van der Waals surface area (Å²) >= 11 is 5.07. The lowest BCUT2D eigenvalue weighted by Crippen LogP contribution is -2.06. The summed E-state index contributed by atoms with van der Waals surface area (Å²) in [4.78, 5) is 21.9. The first-order valence-electron chi connectivity index (χ1n) is 9.68. The molecule has 0 fully saturated rings. The van der Waals surface area contributed by atoms with Crippen molar-refractivity contribution in [2.24, 2.45) is 0 Å². The smallest absolute Gasteiger partial charge is 0.338 e. The predicted octanol–water partition coefficient (Wildman–Crippen LogP) is 7.24. The Morgan fingerprint density at radius 3 is 2.55 bits per heavy atom. The third kappa shape index (κ3) is 5.42. The van der Waals surface area contributed by atoms with E-state index in [2.05, 4.69) is 55.7 Å². The van der Waals surface area contributed by atoms with Gasteiger partial charge in [-0.15, -0.1) is 23.7 Å². The minimum Gasteiger partial charge on any atom is -0.462 e. The molecule has 0 atom stereocenters. The predicted molar refractivity (Wildman–Crippen MR) is 133 cm³/mol. The van der Waals surface area contributed by atoms with E-state index >= 15 is 0 Å². The second kappa shape index (κ2) is 10.7. The van der Waals surface area contributed by atoms with Gasteiger partial charge in [-0.1, -0.05) is 41.4 Å². The number of thiophene rings is 1. The van der Waals surface area contributed by atoms with E-state index in [4.69, 9.17) is 4.74 Å². The standard InChI is InChI=1S/C23H20BrN3O2S.ClH/c1-2-3-12-29-23(28)16-6-10-18(11-7-16)27-21-20-19(13-30-22(20)26-14-25-21)15-4-8-17(24)9-5-15;/h4-11,13-14H,2-3,12H2,1H3,(H,25,26,27);1H. The maximum atomic E-state index is 12.1. The van der Waals surface area contributed by atoms with Crippen LogP contribution >= 0.6 is 39.7 Å². The molecule has 0 spiro atoms. The zero-order chi connectivity index (χ0) is 20.9. The van der Waals surface area contributed by atoms with E-state index in [9.17, 15) is 4.79 Å². The summed E-state index contributed by atoms with van der Waals surface area (Å²) in [5.74, 6) is 0.437. The van der Waals surface area contributed by atoms with E-state index in [1.807, 2.05) is 24.3 Å². The molecule has 0 radical (unpaired) electrons. The molecule has 160 valence electrons. The minimum absolute atomic E-state index is 0. The average Bonchev–Trinajstić information content (AvgIpc) is 3.20. The minimum atomic E-state index is -0.296. The third-order valence-electron chi connectivity index (χ3n) is 4.64. The number of rotatable bonds is 7. The molecule has 8 heteroatoms. The molecule has 0 aliphatic rings. The number of esters is 1. The molecule has 31 heavy (non-hydrogen) atoms. The second-order valence-electron chi connectivity index (χ2n) is 6.75. The Bertz CT molecular complexity index is 1160. The van der Waals surface area contributed by atoms with Gasteiger partial charge in [0.1, 0.15) is 17.0 Å². The fraction of sp³-hybridized carbons (Fsp3) is 0.174. The Kier molecular flexibility index (Phi) is 8.01. The molecule has 1 N–H and O–H groups in total. The van der Waals surface area contributed by atoms with Crippen LogP contribution in [0.4, 0.5) is 11.5 Å². The molecule has 2 aromatic carbocycles. The molecule has 0 aliphatic heterocycles. The zero-order valence-corrected chi connectivity index (χ0v) is 20.0. The molecular formula is C23H21BrClN3O2S. The summed E-state index contributed by atoms with van der Waals surface area (Å²) in [6.45, 7) is 2.51. The first-order chi connectivity index (χ1) is 14.7. The molecule has 0 amide bonds. The maximum absolute atomic E-state index is 12.1. The van der Waals surface area contributed by atoms with Crippen LogP contribution in [0.5, 0.6) is 0 Å². The number of aromatic nitrogens is 2. The number of carbonyl (C=O) groups excluding carboxylic acids is 1. The van der Waals surface area contributed by atoms with Crippen LogP contribution in [0.15, 0.2) is 64.7 Å². The van der Waals surface area contributed by atoms with Gasteiger partial charge in [0.15, 0.2) is 0 Å². The van der Waals surface area contributed by atoms with Crippen molar-refractivity contribution >= 4 is 67.4 Å². The number of anilines is 2. The number of halogens is 2. The number of nitrogens with one attached hydrogen (secondary N) is 1. The highest BCUT2D eigenvalue weighted by Crippen LogP contribution is 2.37. The number of nitrogens with zero attached hydrogens (tertiary/aromatic N) is 2. The van der Waals surface area contributed by atoms with Gasteiger partial charge in [-0.3, -0.25) is 0 Å². The van der Waals surface area contributed by atoms with E-state index in [0.29, 0.717) is 12.2 Å². The van der Waals surface area contributed by atoms with Crippen molar-refractivity contribution in [3.63, 3.8) is 0 Å². The van der Waals surface area contributed by atoms with Gasteiger partial charge in [-0.05, 0) is 48.4 Å². The summed E-state index contributed by atoms with van der Waals surface area (Å²) in [6.07, 6.45) is 3.43. The van der Waals surface area contributed by atoms with Gasteiger partial charge in [0.25, 0.3) is 0 Å². The molecule has 0 saturated carbocycles. The number of fused-ring (bicyclic) bond motifs is 1. The summed E-state index contributed by atoms with van der Waals surface area (Å²) in [5.41, 5.74) is 3.57. The second-order valence-corrected chi connectivity index (χ2v) is 8.52. The van der Waals surface area contributed by atoms with Crippen LogP contribution in [0.2, 0.25) is 0 Å². The van der Waals surface area contributed by atoms with Crippen LogP contribution in [0.3, 0.4) is 0 Å². The SMILES string of the molecule is CCCCOC(=O)c1ccc(Nc2ncnc3scc(-c4ccc(Br)cc4)c23)cc1.Cl. The molecule has 0 aliphatic carbocycles. The van der Waals surface area contributed by atoms with E-state index in [-0.39, 0.29) is 18.4 Å². The van der Waals surface area contributed by atoms with Gasteiger partial charge in [0.05, 0.1) is 17.6 Å². The highest BCUT2D eigenvalue weighted by molar-refractivity contribution is 9.10. The van der Waals surface area contributed by atoms with Gasteiger partial charge < -0.3 is 10.1 Å². The number of benzene rings is 2. The van der Waals surface area contributed by atoms with Crippen molar-refractivity contribution in [3.05, 3.63) is 70.3 Å². The summed E-state index contributed by atoms with van der Waals surface area (Å²) < 4.78 is 6.30. The maximum Gasteiger partial charge on any atom is 0.338 e. The number of ether oxygens (including phenoxy) is 1. The number of carbonyl (C=O) groups is 1. The van der Waals surface area contributed by atoms with Crippen molar-refractivity contribution in [2.45, 2.75) is 19.8 Å². The Hall–Kier alpha value is -2.48. The first kappa shape index (κ1) is 23.2. The van der Waals surface area contributed by atoms with E-state index in [0.717, 1.165) is 50.2 Å². The molecule has 0 bridgehead atoms. The molecule has 0 saturated heterocycles. The molecule has 4 rings (SSSR count). The fourth-order valence-electron chi connectivity index (χ4n) is 3.03. The average molecular weight is 519 g/mol. The Balaban J connectivity index is 0.00000272. The van der Waals surface area contributed by atoms with E-state index < -0.39 is 0 Å². The lowest BCUT2D eigenvalue weighted by molar-refractivity contribution is 0.0500. The Labute approximate surface area is 199 Å². The fourth-order valence-corrected chi connectivity index (χ4v) is 4.21. The largest absolute Gasteiger partial charge is 0.462 e. The highest BCUT2D eigenvalue weighted by Gasteiger charge is 2.14. The van der Waals surface area contributed by atoms with Crippen molar-refractivity contribution in [3.8, 4) is 11.1 Å². The Morgan fingerprint density at radius 1 is 1.10 bits per heavy atom. The Morgan fingerprint density at radius 2 is 1.84 bits per heavy atom. The van der Waals surface area contributed by atoms with Gasteiger partial charge in [-0.25, -0.2) is 14.8 Å². The molecule has 2 heterocycles. The van der Waals surface area contributed by atoms with Crippen molar-refractivity contribution in [1.82, 2.24) is 9.97 Å². The monoisotopic (exact) mass is 517 g/mol. The lowest BCUT2D eigenvalue weighted by atomic mass is 10.1.